The fraction of sp³-hybridized carbons (Fsp3) is 0.591. The van der Waals surface area contributed by atoms with Gasteiger partial charge in [-0.05, 0) is 18.4 Å². The smallest absolute Gasteiger partial charge is 0.227 e. The lowest BCUT2D eigenvalue weighted by Crippen LogP contribution is -2.50. The average Bonchev–Trinajstić information content (AvgIpc) is 3.02. The second-order valence-electron chi connectivity index (χ2n) is 8.98. The van der Waals surface area contributed by atoms with Gasteiger partial charge in [0.25, 0.3) is 0 Å². The molecule has 2 fully saturated rings. The molecule has 3 rings (SSSR count). The highest BCUT2D eigenvalue weighted by atomic mass is 16.2. The summed E-state index contributed by atoms with van der Waals surface area (Å²) in [4.78, 5) is 41.0. The van der Waals surface area contributed by atoms with Crippen LogP contribution in [0.25, 0.3) is 0 Å². The summed E-state index contributed by atoms with van der Waals surface area (Å²) < 4.78 is 0. The van der Waals surface area contributed by atoms with Gasteiger partial charge in [-0.2, -0.15) is 0 Å². The van der Waals surface area contributed by atoms with Crippen molar-refractivity contribution in [2.45, 2.75) is 52.6 Å². The van der Waals surface area contributed by atoms with E-state index in [1.54, 1.807) is 4.90 Å². The summed E-state index contributed by atoms with van der Waals surface area (Å²) in [7, 11) is 0. The number of carbonyl (C=O) groups excluding carboxylic acids is 3. The van der Waals surface area contributed by atoms with Crippen molar-refractivity contribution in [3.63, 3.8) is 0 Å². The van der Waals surface area contributed by atoms with Crippen molar-refractivity contribution in [3.8, 4) is 0 Å². The molecule has 0 spiro atoms. The molecule has 0 aromatic heterocycles. The van der Waals surface area contributed by atoms with E-state index >= 15 is 0 Å². The van der Waals surface area contributed by atoms with Gasteiger partial charge in [-0.15, -0.1) is 0 Å². The Morgan fingerprint density at radius 3 is 2.36 bits per heavy atom. The minimum Gasteiger partial charge on any atom is -0.353 e. The number of nitrogens with one attached hydrogen (secondary N) is 1. The summed E-state index contributed by atoms with van der Waals surface area (Å²) in [5.41, 5.74) is 0.679. The topological polar surface area (TPSA) is 69.7 Å². The van der Waals surface area contributed by atoms with Crippen LogP contribution in [0, 0.1) is 11.3 Å². The molecule has 3 amide bonds. The zero-order valence-electron chi connectivity index (χ0n) is 17.1. The fourth-order valence-electron chi connectivity index (χ4n) is 3.80. The molecule has 1 aromatic carbocycles. The Morgan fingerprint density at radius 2 is 1.75 bits per heavy atom. The largest absolute Gasteiger partial charge is 0.353 e. The van der Waals surface area contributed by atoms with E-state index in [-0.39, 0.29) is 29.7 Å². The maximum atomic E-state index is 12.9. The van der Waals surface area contributed by atoms with Gasteiger partial charge in [0.1, 0.15) is 0 Å². The third kappa shape index (κ3) is 4.91. The number of hydrogen-bond acceptors (Lipinski definition) is 3. The third-order valence-electron chi connectivity index (χ3n) is 5.60. The molecular weight excluding hydrogens is 354 g/mol. The summed E-state index contributed by atoms with van der Waals surface area (Å²) in [6.07, 6.45) is 1.83. The van der Waals surface area contributed by atoms with E-state index < -0.39 is 5.41 Å². The van der Waals surface area contributed by atoms with Crippen LogP contribution in [-0.2, 0) is 20.9 Å². The Morgan fingerprint density at radius 1 is 1.11 bits per heavy atom. The molecule has 2 aliphatic heterocycles. The van der Waals surface area contributed by atoms with Crippen molar-refractivity contribution in [2.24, 2.45) is 11.3 Å². The minimum atomic E-state index is -0.403. The number of carbonyl (C=O) groups is 3. The summed E-state index contributed by atoms with van der Waals surface area (Å²) in [5.74, 6) is -0.0776. The van der Waals surface area contributed by atoms with Gasteiger partial charge in [0.15, 0.2) is 0 Å². The van der Waals surface area contributed by atoms with Crippen molar-refractivity contribution in [1.29, 1.82) is 0 Å². The first-order chi connectivity index (χ1) is 13.2. The number of rotatable bonds is 4. The Balaban J connectivity index is 1.49. The molecule has 0 bridgehead atoms. The van der Waals surface area contributed by atoms with Gasteiger partial charge in [-0.1, -0.05) is 51.1 Å². The number of likely N-dealkylation sites (tertiary alicyclic amines) is 2. The normalized spacial score (nSPS) is 21.1. The van der Waals surface area contributed by atoms with Crippen molar-refractivity contribution >= 4 is 17.7 Å². The predicted molar refractivity (Wildman–Crippen MR) is 107 cm³/mol. The molecule has 2 aliphatic rings. The van der Waals surface area contributed by atoms with Crippen LogP contribution in [0.3, 0.4) is 0 Å². The number of benzene rings is 1. The van der Waals surface area contributed by atoms with Crippen LogP contribution in [0.2, 0.25) is 0 Å². The Kier molecular flexibility index (Phi) is 6.06. The lowest BCUT2D eigenvalue weighted by molar-refractivity contribution is -0.137. The standard InChI is InChI=1S/C22H31N3O3/c1-22(2,3)21(28)23-18-9-11-24(12-10-18)20(27)17-13-19(26)25(15-17)14-16-7-5-4-6-8-16/h4-8,17-18H,9-15H2,1-3H3,(H,23,28). The molecular formula is C22H31N3O3. The molecule has 152 valence electrons. The van der Waals surface area contributed by atoms with Gasteiger partial charge < -0.3 is 15.1 Å². The fourth-order valence-corrected chi connectivity index (χ4v) is 3.80. The zero-order chi connectivity index (χ0) is 20.3. The van der Waals surface area contributed by atoms with Crippen LogP contribution in [0.1, 0.15) is 45.6 Å². The molecule has 1 aromatic rings. The lowest BCUT2D eigenvalue weighted by atomic mass is 9.94. The van der Waals surface area contributed by atoms with Gasteiger partial charge in [-0.3, -0.25) is 14.4 Å². The average molecular weight is 386 g/mol. The van der Waals surface area contributed by atoms with E-state index in [1.165, 1.54) is 0 Å². The molecule has 28 heavy (non-hydrogen) atoms. The van der Waals surface area contributed by atoms with Crippen molar-refractivity contribution in [3.05, 3.63) is 35.9 Å². The molecule has 2 saturated heterocycles. The van der Waals surface area contributed by atoms with E-state index in [9.17, 15) is 14.4 Å². The molecule has 1 unspecified atom stereocenters. The summed E-state index contributed by atoms with van der Waals surface area (Å²) in [6.45, 7) is 8.03. The number of amides is 3. The predicted octanol–water partition coefficient (Wildman–Crippen LogP) is 2.19. The van der Waals surface area contributed by atoms with Gasteiger partial charge >= 0.3 is 0 Å². The quantitative estimate of drug-likeness (QED) is 0.864. The van der Waals surface area contributed by atoms with Crippen LogP contribution < -0.4 is 5.32 Å². The molecule has 2 heterocycles. The highest BCUT2D eigenvalue weighted by Crippen LogP contribution is 2.24. The summed E-state index contributed by atoms with van der Waals surface area (Å²) >= 11 is 0. The first kappa shape index (κ1) is 20.4. The molecule has 6 heteroatoms. The SMILES string of the molecule is CC(C)(C)C(=O)NC1CCN(C(=O)C2CC(=O)N(Cc3ccccc3)C2)CC1. The molecule has 0 saturated carbocycles. The summed E-state index contributed by atoms with van der Waals surface area (Å²) in [6, 6.07) is 9.99. The Labute approximate surface area is 167 Å². The van der Waals surface area contributed by atoms with Crippen LogP contribution in [-0.4, -0.2) is 53.2 Å². The number of nitrogens with zero attached hydrogens (tertiary/aromatic N) is 2. The maximum Gasteiger partial charge on any atom is 0.227 e. The lowest BCUT2D eigenvalue weighted by Gasteiger charge is -2.35. The van der Waals surface area contributed by atoms with Gasteiger partial charge in [-0.25, -0.2) is 0 Å². The second-order valence-corrected chi connectivity index (χ2v) is 8.98. The van der Waals surface area contributed by atoms with Gasteiger partial charge in [0.2, 0.25) is 17.7 Å². The highest BCUT2D eigenvalue weighted by molar-refractivity contribution is 5.89. The molecule has 1 N–H and O–H groups in total. The van der Waals surface area contributed by atoms with E-state index in [0.29, 0.717) is 32.6 Å². The molecule has 1 atom stereocenters. The van der Waals surface area contributed by atoms with Crippen LogP contribution in [0.5, 0.6) is 0 Å². The van der Waals surface area contributed by atoms with Crippen LogP contribution in [0.4, 0.5) is 0 Å². The van der Waals surface area contributed by atoms with Crippen molar-refractivity contribution < 1.29 is 14.4 Å². The van der Waals surface area contributed by atoms with Crippen LogP contribution in [0.15, 0.2) is 30.3 Å². The van der Waals surface area contributed by atoms with Crippen molar-refractivity contribution in [2.75, 3.05) is 19.6 Å². The third-order valence-corrected chi connectivity index (χ3v) is 5.60. The monoisotopic (exact) mass is 385 g/mol. The van der Waals surface area contributed by atoms with Gasteiger partial charge in [0.05, 0.1) is 5.92 Å². The van der Waals surface area contributed by atoms with E-state index in [1.807, 2.05) is 56.0 Å². The van der Waals surface area contributed by atoms with E-state index in [4.69, 9.17) is 0 Å². The molecule has 0 radical (unpaired) electrons. The maximum absolute atomic E-state index is 12.9. The van der Waals surface area contributed by atoms with Crippen LogP contribution >= 0.6 is 0 Å². The van der Waals surface area contributed by atoms with E-state index in [2.05, 4.69) is 5.32 Å². The minimum absolute atomic E-state index is 0.0505. The van der Waals surface area contributed by atoms with Gasteiger partial charge in [0, 0.05) is 44.1 Å². The Bertz CT molecular complexity index is 718. The molecule has 0 aliphatic carbocycles. The summed E-state index contributed by atoms with van der Waals surface area (Å²) in [5, 5.41) is 3.09. The van der Waals surface area contributed by atoms with Crippen molar-refractivity contribution in [1.82, 2.24) is 15.1 Å². The van der Waals surface area contributed by atoms with E-state index in [0.717, 1.165) is 18.4 Å². The first-order valence-electron chi connectivity index (χ1n) is 10.2. The zero-order valence-corrected chi connectivity index (χ0v) is 17.1. The second kappa shape index (κ2) is 8.33. The first-order valence-corrected chi connectivity index (χ1v) is 10.2. The Hall–Kier alpha value is -2.37. The number of piperidine rings is 1. The number of hydrogen-bond donors (Lipinski definition) is 1. The molecule has 6 nitrogen and oxygen atoms in total. The highest BCUT2D eigenvalue weighted by Gasteiger charge is 2.37.